The Labute approximate surface area is 85.9 Å². The van der Waals surface area contributed by atoms with E-state index in [-0.39, 0.29) is 11.7 Å². The van der Waals surface area contributed by atoms with Gasteiger partial charge in [0.25, 0.3) is 0 Å². The topological polar surface area (TPSA) is 9.23 Å². The summed E-state index contributed by atoms with van der Waals surface area (Å²) in [6.07, 6.45) is 0.529. The molecule has 1 aromatic rings. The fourth-order valence-corrected chi connectivity index (χ4v) is 1.05. The molecule has 0 radical (unpaired) electrons. The van der Waals surface area contributed by atoms with E-state index in [1.165, 1.54) is 24.3 Å². The normalized spacial score (nSPS) is 13.0. The fourth-order valence-electron chi connectivity index (χ4n) is 1.05. The third kappa shape index (κ3) is 3.55. The van der Waals surface area contributed by atoms with Crippen molar-refractivity contribution in [2.45, 2.75) is 19.2 Å². The van der Waals surface area contributed by atoms with E-state index in [4.69, 9.17) is 6.42 Å². The van der Waals surface area contributed by atoms with Crippen LogP contribution in [0, 0.1) is 12.3 Å². The van der Waals surface area contributed by atoms with Gasteiger partial charge < -0.3 is 4.74 Å². The van der Waals surface area contributed by atoms with Crippen LogP contribution >= 0.6 is 0 Å². The van der Waals surface area contributed by atoms with Crippen molar-refractivity contribution < 1.29 is 17.9 Å². The van der Waals surface area contributed by atoms with Crippen LogP contribution in [0.3, 0.4) is 0 Å². The van der Waals surface area contributed by atoms with Gasteiger partial charge in [-0.05, 0) is 24.6 Å². The monoisotopic (exact) mass is 214 g/mol. The van der Waals surface area contributed by atoms with Crippen molar-refractivity contribution in [1.82, 2.24) is 0 Å². The van der Waals surface area contributed by atoms with E-state index in [0.29, 0.717) is 0 Å². The molecular formula is C11H9F3O. The van der Waals surface area contributed by atoms with Crippen molar-refractivity contribution in [2.75, 3.05) is 0 Å². The molecule has 1 unspecified atom stereocenters. The van der Waals surface area contributed by atoms with Crippen LogP contribution in [-0.4, -0.2) is 6.36 Å². The zero-order chi connectivity index (χ0) is 11.5. The lowest BCUT2D eigenvalue weighted by molar-refractivity contribution is -0.274. The first-order chi connectivity index (χ1) is 6.92. The van der Waals surface area contributed by atoms with Gasteiger partial charge in [0.05, 0.1) is 0 Å². The van der Waals surface area contributed by atoms with Crippen LogP contribution in [-0.2, 0) is 0 Å². The van der Waals surface area contributed by atoms with Crippen LogP contribution in [0.5, 0.6) is 5.75 Å². The molecule has 0 saturated heterocycles. The van der Waals surface area contributed by atoms with Gasteiger partial charge in [-0.3, -0.25) is 0 Å². The van der Waals surface area contributed by atoms with Gasteiger partial charge in [-0.2, -0.15) is 0 Å². The van der Waals surface area contributed by atoms with Crippen molar-refractivity contribution in [2.24, 2.45) is 0 Å². The zero-order valence-corrected chi connectivity index (χ0v) is 8.01. The molecule has 0 bridgehead atoms. The summed E-state index contributed by atoms with van der Waals surface area (Å²) in [6, 6.07) is 5.53. The quantitative estimate of drug-likeness (QED) is 0.686. The number of alkyl halides is 3. The van der Waals surface area contributed by atoms with Gasteiger partial charge in [-0.15, -0.1) is 19.6 Å². The standard InChI is InChI=1S/C11H9F3O/c1-3-8(2)9-4-6-10(7-5-9)15-11(12,13)14/h1,4-8H,2H3. The minimum atomic E-state index is -4.65. The molecule has 1 nitrogen and oxygen atoms in total. The highest BCUT2D eigenvalue weighted by Gasteiger charge is 2.30. The number of rotatable bonds is 2. The molecule has 1 atom stereocenters. The first-order valence-corrected chi connectivity index (χ1v) is 4.24. The van der Waals surface area contributed by atoms with Crippen molar-refractivity contribution >= 4 is 0 Å². The second-order valence-electron chi connectivity index (χ2n) is 3.01. The Balaban J connectivity index is 2.78. The largest absolute Gasteiger partial charge is 0.573 e. The Hall–Kier alpha value is -1.63. The average molecular weight is 214 g/mol. The van der Waals surface area contributed by atoms with Crippen LogP contribution in [0.1, 0.15) is 18.4 Å². The molecular weight excluding hydrogens is 205 g/mol. The van der Waals surface area contributed by atoms with Crippen LogP contribution in [0.2, 0.25) is 0 Å². The van der Waals surface area contributed by atoms with E-state index in [2.05, 4.69) is 10.7 Å². The highest BCUT2D eigenvalue weighted by atomic mass is 19.4. The molecule has 0 amide bonds. The summed E-state index contributed by atoms with van der Waals surface area (Å²) in [5.74, 6) is 2.13. The number of ether oxygens (including phenoxy) is 1. The van der Waals surface area contributed by atoms with Crippen LogP contribution in [0.15, 0.2) is 24.3 Å². The Morgan fingerprint density at radius 1 is 1.27 bits per heavy atom. The third-order valence-corrected chi connectivity index (χ3v) is 1.86. The highest BCUT2D eigenvalue weighted by Crippen LogP contribution is 2.24. The summed E-state index contributed by atoms with van der Waals surface area (Å²) < 4.78 is 39.2. The SMILES string of the molecule is C#CC(C)c1ccc(OC(F)(F)F)cc1. The highest BCUT2D eigenvalue weighted by molar-refractivity contribution is 5.32. The summed E-state index contributed by atoms with van der Waals surface area (Å²) >= 11 is 0. The zero-order valence-electron chi connectivity index (χ0n) is 8.01. The summed E-state index contributed by atoms with van der Waals surface area (Å²) in [5, 5.41) is 0. The van der Waals surface area contributed by atoms with Gasteiger partial charge in [-0.25, -0.2) is 0 Å². The van der Waals surface area contributed by atoms with E-state index >= 15 is 0 Å². The maximum atomic E-state index is 11.8. The van der Waals surface area contributed by atoms with Crippen molar-refractivity contribution in [3.63, 3.8) is 0 Å². The minimum Gasteiger partial charge on any atom is -0.406 e. The Morgan fingerprint density at radius 2 is 1.80 bits per heavy atom. The molecule has 1 aromatic carbocycles. The number of halogens is 3. The van der Waals surface area contributed by atoms with Gasteiger partial charge in [0, 0.05) is 5.92 Å². The van der Waals surface area contributed by atoms with Crippen molar-refractivity contribution in [3.05, 3.63) is 29.8 Å². The van der Waals surface area contributed by atoms with Gasteiger partial charge in [0.1, 0.15) is 5.75 Å². The summed E-state index contributed by atoms with van der Waals surface area (Å²) in [6.45, 7) is 1.79. The number of hydrogen-bond donors (Lipinski definition) is 0. The van der Waals surface area contributed by atoms with Gasteiger partial charge >= 0.3 is 6.36 Å². The smallest absolute Gasteiger partial charge is 0.406 e. The molecule has 0 aliphatic carbocycles. The second kappa shape index (κ2) is 4.26. The molecule has 80 valence electrons. The molecule has 0 fully saturated rings. The first kappa shape index (κ1) is 11.4. The minimum absolute atomic E-state index is 0.120. The van der Waals surface area contributed by atoms with Gasteiger partial charge in [0.15, 0.2) is 0 Å². The van der Waals surface area contributed by atoms with Crippen LogP contribution in [0.25, 0.3) is 0 Å². The summed E-state index contributed by atoms with van der Waals surface area (Å²) in [4.78, 5) is 0. The molecule has 1 rings (SSSR count). The maximum absolute atomic E-state index is 11.8. The van der Waals surface area contributed by atoms with E-state index < -0.39 is 6.36 Å². The molecule has 0 saturated carbocycles. The van der Waals surface area contributed by atoms with E-state index in [1.807, 2.05) is 0 Å². The number of benzene rings is 1. The maximum Gasteiger partial charge on any atom is 0.573 e. The molecule has 4 heteroatoms. The Morgan fingerprint density at radius 3 is 2.20 bits per heavy atom. The second-order valence-corrected chi connectivity index (χ2v) is 3.01. The Bertz CT molecular complexity index is 359. The Kier molecular flexibility index (Phi) is 3.25. The lowest BCUT2D eigenvalue weighted by atomic mass is 10.0. The molecule has 0 heterocycles. The molecule has 0 N–H and O–H groups in total. The number of terminal acetylenes is 1. The molecule has 15 heavy (non-hydrogen) atoms. The van der Waals surface area contributed by atoms with Gasteiger partial charge in [0.2, 0.25) is 0 Å². The van der Waals surface area contributed by atoms with E-state index in [1.54, 1.807) is 6.92 Å². The van der Waals surface area contributed by atoms with E-state index in [9.17, 15) is 13.2 Å². The lowest BCUT2D eigenvalue weighted by Crippen LogP contribution is -2.17. The van der Waals surface area contributed by atoms with Crippen LogP contribution < -0.4 is 4.74 Å². The fraction of sp³-hybridized carbons (Fsp3) is 0.273. The predicted octanol–water partition coefficient (Wildman–Crippen LogP) is 3.32. The molecule has 0 aliphatic heterocycles. The average Bonchev–Trinajstić information content (AvgIpc) is 2.15. The molecule has 0 aliphatic rings. The molecule has 0 spiro atoms. The molecule has 0 aromatic heterocycles. The lowest BCUT2D eigenvalue weighted by Gasteiger charge is -2.10. The summed E-state index contributed by atoms with van der Waals surface area (Å²) in [7, 11) is 0. The summed E-state index contributed by atoms with van der Waals surface area (Å²) in [5.41, 5.74) is 0.784. The van der Waals surface area contributed by atoms with Crippen molar-refractivity contribution in [3.8, 4) is 18.1 Å². The third-order valence-electron chi connectivity index (χ3n) is 1.86. The van der Waals surface area contributed by atoms with E-state index in [0.717, 1.165) is 5.56 Å². The van der Waals surface area contributed by atoms with Gasteiger partial charge in [-0.1, -0.05) is 18.1 Å². The predicted molar refractivity (Wildman–Crippen MR) is 50.4 cm³/mol. The van der Waals surface area contributed by atoms with Crippen LogP contribution in [0.4, 0.5) is 13.2 Å². The van der Waals surface area contributed by atoms with Crippen molar-refractivity contribution in [1.29, 1.82) is 0 Å². The number of hydrogen-bond acceptors (Lipinski definition) is 1. The first-order valence-electron chi connectivity index (χ1n) is 4.24.